The van der Waals surface area contributed by atoms with Gasteiger partial charge in [0.25, 0.3) is 0 Å². The Morgan fingerprint density at radius 1 is 1.08 bits per heavy atom. The average Bonchev–Trinajstić information content (AvgIpc) is 2.66. The summed E-state index contributed by atoms with van der Waals surface area (Å²) in [7, 11) is 1.68. The van der Waals surface area contributed by atoms with Gasteiger partial charge >= 0.3 is 0 Å². The van der Waals surface area contributed by atoms with E-state index in [1.807, 2.05) is 24.3 Å². The molecule has 128 valence electrons. The van der Waals surface area contributed by atoms with E-state index in [1.54, 1.807) is 13.3 Å². The highest BCUT2D eigenvalue weighted by Crippen LogP contribution is 2.32. The summed E-state index contributed by atoms with van der Waals surface area (Å²) in [6.45, 7) is 2.94. The van der Waals surface area contributed by atoms with Crippen molar-refractivity contribution in [3.8, 4) is 16.9 Å². The molecule has 0 amide bonds. The molecule has 0 radical (unpaired) electrons. The Labute approximate surface area is 153 Å². The lowest BCUT2D eigenvalue weighted by Gasteiger charge is -2.16. The predicted octanol–water partition coefficient (Wildman–Crippen LogP) is 5.26. The SMILES string of the molecule is COc1ccc(CNC(C)c2ccccc2)cc1-c1ccnc(Cl)c1. The van der Waals surface area contributed by atoms with Gasteiger partial charge in [0.1, 0.15) is 10.9 Å². The first-order valence-corrected chi connectivity index (χ1v) is 8.62. The molecule has 2 aromatic carbocycles. The van der Waals surface area contributed by atoms with Crippen LogP contribution in [0.15, 0.2) is 66.9 Å². The fourth-order valence-electron chi connectivity index (χ4n) is 2.79. The molecular weight excluding hydrogens is 332 g/mol. The highest BCUT2D eigenvalue weighted by molar-refractivity contribution is 6.29. The van der Waals surface area contributed by atoms with E-state index in [0.717, 1.165) is 23.4 Å². The lowest BCUT2D eigenvalue weighted by atomic mass is 10.0. The number of ether oxygens (including phenoxy) is 1. The van der Waals surface area contributed by atoms with Gasteiger partial charge in [0.05, 0.1) is 7.11 Å². The van der Waals surface area contributed by atoms with Gasteiger partial charge in [-0.05, 0) is 47.9 Å². The molecule has 0 spiro atoms. The van der Waals surface area contributed by atoms with Crippen molar-refractivity contribution in [3.05, 3.63) is 83.1 Å². The van der Waals surface area contributed by atoms with Crippen LogP contribution >= 0.6 is 11.6 Å². The second-order valence-corrected chi connectivity index (χ2v) is 6.30. The summed E-state index contributed by atoms with van der Waals surface area (Å²) in [4.78, 5) is 4.05. The first-order valence-electron chi connectivity index (χ1n) is 8.24. The molecule has 1 aromatic heterocycles. The van der Waals surface area contributed by atoms with Crippen LogP contribution in [0, 0.1) is 0 Å². The molecule has 0 aliphatic rings. The van der Waals surface area contributed by atoms with Crippen LogP contribution in [0.4, 0.5) is 0 Å². The lowest BCUT2D eigenvalue weighted by molar-refractivity contribution is 0.416. The Morgan fingerprint density at radius 2 is 1.88 bits per heavy atom. The quantitative estimate of drug-likeness (QED) is 0.614. The summed E-state index contributed by atoms with van der Waals surface area (Å²) < 4.78 is 5.51. The van der Waals surface area contributed by atoms with Crippen LogP contribution in [0.2, 0.25) is 5.15 Å². The van der Waals surface area contributed by atoms with Gasteiger partial charge in [-0.1, -0.05) is 48.0 Å². The van der Waals surface area contributed by atoms with Gasteiger partial charge in [0, 0.05) is 24.3 Å². The Balaban J connectivity index is 1.80. The molecule has 0 aliphatic carbocycles. The number of methoxy groups -OCH3 is 1. The van der Waals surface area contributed by atoms with Gasteiger partial charge in [0.15, 0.2) is 0 Å². The topological polar surface area (TPSA) is 34.1 Å². The number of benzene rings is 2. The van der Waals surface area contributed by atoms with Crippen molar-refractivity contribution in [1.82, 2.24) is 10.3 Å². The van der Waals surface area contributed by atoms with E-state index >= 15 is 0 Å². The van der Waals surface area contributed by atoms with Gasteiger partial charge in [-0.25, -0.2) is 4.98 Å². The van der Waals surface area contributed by atoms with Gasteiger partial charge in [-0.2, -0.15) is 0 Å². The van der Waals surface area contributed by atoms with Crippen molar-refractivity contribution >= 4 is 11.6 Å². The zero-order chi connectivity index (χ0) is 17.6. The largest absolute Gasteiger partial charge is 0.496 e. The molecule has 1 heterocycles. The highest BCUT2D eigenvalue weighted by Gasteiger charge is 2.09. The Morgan fingerprint density at radius 3 is 2.60 bits per heavy atom. The third-order valence-corrected chi connectivity index (χ3v) is 4.42. The summed E-state index contributed by atoms with van der Waals surface area (Å²) >= 11 is 6.04. The molecule has 0 saturated carbocycles. The molecule has 3 nitrogen and oxygen atoms in total. The molecule has 25 heavy (non-hydrogen) atoms. The highest BCUT2D eigenvalue weighted by atomic mass is 35.5. The molecule has 4 heteroatoms. The third-order valence-electron chi connectivity index (χ3n) is 4.21. The molecular formula is C21H21ClN2O. The first-order chi connectivity index (χ1) is 12.2. The molecule has 3 aromatic rings. The van der Waals surface area contributed by atoms with Crippen molar-refractivity contribution in [2.45, 2.75) is 19.5 Å². The van der Waals surface area contributed by atoms with Crippen LogP contribution in [0.3, 0.4) is 0 Å². The van der Waals surface area contributed by atoms with E-state index in [9.17, 15) is 0 Å². The van der Waals surface area contributed by atoms with Crippen molar-refractivity contribution < 1.29 is 4.74 Å². The summed E-state index contributed by atoms with van der Waals surface area (Å²) in [6, 6.07) is 20.7. The number of pyridine rings is 1. The molecule has 0 aliphatic heterocycles. The zero-order valence-corrected chi connectivity index (χ0v) is 15.1. The summed E-state index contributed by atoms with van der Waals surface area (Å²) in [5.74, 6) is 0.821. The number of aromatic nitrogens is 1. The molecule has 3 rings (SSSR count). The number of rotatable bonds is 6. The maximum Gasteiger partial charge on any atom is 0.129 e. The van der Waals surface area contributed by atoms with Crippen LogP contribution in [-0.4, -0.2) is 12.1 Å². The zero-order valence-electron chi connectivity index (χ0n) is 14.4. The van der Waals surface area contributed by atoms with Gasteiger partial charge in [-0.15, -0.1) is 0 Å². The smallest absolute Gasteiger partial charge is 0.129 e. The summed E-state index contributed by atoms with van der Waals surface area (Å²) in [5.41, 5.74) is 4.47. The molecule has 1 atom stereocenters. The van der Waals surface area contributed by atoms with E-state index in [1.165, 1.54) is 11.1 Å². The van der Waals surface area contributed by atoms with Crippen molar-refractivity contribution in [1.29, 1.82) is 0 Å². The van der Waals surface area contributed by atoms with Crippen molar-refractivity contribution in [3.63, 3.8) is 0 Å². The number of nitrogens with one attached hydrogen (secondary N) is 1. The Bertz CT molecular complexity index is 836. The van der Waals surface area contributed by atoms with Gasteiger partial charge in [-0.3, -0.25) is 0 Å². The minimum absolute atomic E-state index is 0.280. The average molecular weight is 353 g/mol. The second-order valence-electron chi connectivity index (χ2n) is 5.92. The number of hydrogen-bond donors (Lipinski definition) is 1. The number of halogens is 1. The lowest BCUT2D eigenvalue weighted by Crippen LogP contribution is -2.18. The fraction of sp³-hybridized carbons (Fsp3) is 0.190. The van der Waals surface area contributed by atoms with Crippen LogP contribution in [0.1, 0.15) is 24.1 Å². The van der Waals surface area contributed by atoms with Crippen molar-refractivity contribution in [2.24, 2.45) is 0 Å². The normalized spacial score (nSPS) is 12.0. The molecule has 1 unspecified atom stereocenters. The van der Waals surface area contributed by atoms with Crippen LogP contribution in [-0.2, 0) is 6.54 Å². The maximum absolute atomic E-state index is 6.04. The monoisotopic (exact) mass is 352 g/mol. The third kappa shape index (κ3) is 4.38. The minimum Gasteiger partial charge on any atom is -0.496 e. The second kappa shape index (κ2) is 8.15. The van der Waals surface area contributed by atoms with Crippen molar-refractivity contribution in [2.75, 3.05) is 7.11 Å². The van der Waals surface area contributed by atoms with Gasteiger partial charge < -0.3 is 10.1 Å². The maximum atomic E-state index is 6.04. The van der Waals surface area contributed by atoms with E-state index in [-0.39, 0.29) is 6.04 Å². The number of hydrogen-bond acceptors (Lipinski definition) is 3. The van der Waals surface area contributed by atoms with Crippen LogP contribution in [0.5, 0.6) is 5.75 Å². The molecule has 0 saturated heterocycles. The Kier molecular flexibility index (Phi) is 5.69. The Hall–Kier alpha value is -2.36. The number of nitrogens with zero attached hydrogens (tertiary/aromatic N) is 1. The van der Waals surface area contributed by atoms with E-state index in [2.05, 4.69) is 53.6 Å². The fourth-order valence-corrected chi connectivity index (χ4v) is 2.97. The van der Waals surface area contributed by atoms with Crippen LogP contribution in [0.25, 0.3) is 11.1 Å². The van der Waals surface area contributed by atoms with Crippen LogP contribution < -0.4 is 10.1 Å². The minimum atomic E-state index is 0.280. The molecule has 1 N–H and O–H groups in total. The standard InChI is InChI=1S/C21H21ClN2O/c1-15(17-6-4-3-5-7-17)24-14-16-8-9-20(25-2)19(12-16)18-10-11-23-21(22)13-18/h3-13,15,24H,14H2,1-2H3. The summed E-state index contributed by atoms with van der Waals surface area (Å²) in [5, 5.41) is 4.04. The molecule has 0 fully saturated rings. The first kappa shape index (κ1) is 17.5. The summed E-state index contributed by atoms with van der Waals surface area (Å²) in [6.07, 6.45) is 1.71. The predicted molar refractivity (Wildman–Crippen MR) is 103 cm³/mol. The van der Waals surface area contributed by atoms with E-state index in [0.29, 0.717) is 5.15 Å². The molecule has 0 bridgehead atoms. The van der Waals surface area contributed by atoms with Gasteiger partial charge in [0.2, 0.25) is 0 Å². The van der Waals surface area contributed by atoms with E-state index < -0.39 is 0 Å². The van der Waals surface area contributed by atoms with E-state index in [4.69, 9.17) is 16.3 Å².